The van der Waals surface area contributed by atoms with Crippen LogP contribution in [0.4, 0.5) is 9.18 Å². The first kappa shape index (κ1) is 16.4. The number of carbonyl (C=O) groups excluding carboxylic acids is 1. The van der Waals surface area contributed by atoms with Gasteiger partial charge in [0, 0.05) is 19.6 Å². The lowest BCUT2D eigenvalue weighted by Crippen LogP contribution is -2.29. The number of carbonyl (C=O) groups is 1. The van der Waals surface area contributed by atoms with Crippen molar-refractivity contribution < 1.29 is 13.9 Å². The lowest BCUT2D eigenvalue weighted by molar-refractivity contribution is 0.163. The summed E-state index contributed by atoms with van der Waals surface area (Å²) in [5, 5.41) is 0. The van der Waals surface area contributed by atoms with Crippen LogP contribution in [0.2, 0.25) is 0 Å². The van der Waals surface area contributed by atoms with Crippen LogP contribution in [0, 0.1) is 12.7 Å². The number of nitrogens with zero attached hydrogens (tertiary/aromatic N) is 2. The van der Waals surface area contributed by atoms with Crippen LogP contribution in [0.5, 0.6) is 5.75 Å². The number of benzene rings is 1. The van der Waals surface area contributed by atoms with Crippen molar-refractivity contribution in [3.05, 3.63) is 29.1 Å². The van der Waals surface area contributed by atoms with Crippen molar-refractivity contribution in [2.45, 2.75) is 26.8 Å². The third kappa shape index (κ3) is 3.70. The molecule has 4 nitrogen and oxygen atoms in total. The van der Waals surface area contributed by atoms with Crippen LogP contribution in [-0.4, -0.2) is 43.6 Å². The summed E-state index contributed by atoms with van der Waals surface area (Å²) in [6.45, 7) is 6.20. The number of ether oxygens (including phenoxy) is 1. The molecule has 1 rings (SSSR count). The first-order chi connectivity index (χ1) is 9.27. The summed E-state index contributed by atoms with van der Waals surface area (Å²) in [7, 11) is 5.51. The predicted molar refractivity (Wildman–Crippen MR) is 77.6 cm³/mol. The summed E-state index contributed by atoms with van der Waals surface area (Å²) >= 11 is 0. The molecular formula is C15H23FN2O2. The van der Waals surface area contributed by atoms with Gasteiger partial charge < -0.3 is 14.5 Å². The van der Waals surface area contributed by atoms with Crippen molar-refractivity contribution >= 4 is 6.09 Å². The summed E-state index contributed by atoms with van der Waals surface area (Å²) in [6.07, 6.45) is -0.557. The van der Waals surface area contributed by atoms with E-state index < -0.39 is 11.9 Å². The van der Waals surface area contributed by atoms with Crippen molar-refractivity contribution in [2.24, 2.45) is 0 Å². The van der Waals surface area contributed by atoms with Crippen LogP contribution in [0.1, 0.15) is 31.0 Å². The third-order valence-electron chi connectivity index (χ3n) is 3.53. The molecule has 0 saturated carbocycles. The maximum atomic E-state index is 13.9. The van der Waals surface area contributed by atoms with Gasteiger partial charge in [0.25, 0.3) is 0 Å². The number of rotatable bonds is 4. The fraction of sp³-hybridized carbons (Fsp3) is 0.533. The van der Waals surface area contributed by atoms with E-state index in [1.165, 1.54) is 11.0 Å². The number of aryl methyl sites for hydroxylation is 1. The smallest absolute Gasteiger partial charge is 0.407 e. The van der Waals surface area contributed by atoms with Crippen molar-refractivity contribution in [1.82, 2.24) is 9.80 Å². The standard InChI is InChI=1S/C15H23FN2O2/c1-7-18(6)15(19)20-14-9-12(11(3)17(4)5)10(2)8-13(14)16/h8-9,11H,7H2,1-6H3/t11-/m0/s1. The molecule has 0 aliphatic carbocycles. The van der Waals surface area contributed by atoms with Crippen LogP contribution in [0.25, 0.3) is 0 Å². The number of hydrogen-bond acceptors (Lipinski definition) is 3. The van der Waals surface area contributed by atoms with Crippen molar-refractivity contribution in [3.63, 3.8) is 0 Å². The molecule has 1 atom stereocenters. The molecule has 0 radical (unpaired) electrons. The summed E-state index contributed by atoms with van der Waals surface area (Å²) < 4.78 is 19.0. The van der Waals surface area contributed by atoms with Gasteiger partial charge in [-0.2, -0.15) is 0 Å². The quantitative estimate of drug-likeness (QED) is 0.850. The Morgan fingerprint density at radius 2 is 1.95 bits per heavy atom. The van der Waals surface area contributed by atoms with E-state index in [4.69, 9.17) is 4.74 Å². The molecule has 0 spiro atoms. The highest BCUT2D eigenvalue weighted by molar-refractivity contribution is 5.70. The lowest BCUT2D eigenvalue weighted by atomic mass is 10.0. The van der Waals surface area contributed by atoms with Gasteiger partial charge in [0.1, 0.15) is 0 Å². The fourth-order valence-corrected chi connectivity index (χ4v) is 1.78. The molecule has 0 bridgehead atoms. The van der Waals surface area contributed by atoms with E-state index in [0.29, 0.717) is 6.54 Å². The van der Waals surface area contributed by atoms with Gasteiger partial charge >= 0.3 is 6.09 Å². The minimum absolute atomic E-state index is 0.0235. The van der Waals surface area contributed by atoms with Crippen molar-refractivity contribution in [3.8, 4) is 5.75 Å². The summed E-state index contributed by atoms with van der Waals surface area (Å²) in [4.78, 5) is 15.1. The molecule has 0 aromatic heterocycles. The van der Waals surface area contributed by atoms with E-state index >= 15 is 0 Å². The minimum atomic E-state index is -0.557. The molecule has 112 valence electrons. The van der Waals surface area contributed by atoms with Crippen LogP contribution in [0.3, 0.4) is 0 Å². The SMILES string of the molecule is CCN(C)C(=O)Oc1cc([C@H](C)N(C)C)c(C)cc1F. The molecule has 1 aromatic carbocycles. The van der Waals surface area contributed by atoms with Gasteiger partial charge in [-0.3, -0.25) is 0 Å². The topological polar surface area (TPSA) is 32.8 Å². The maximum absolute atomic E-state index is 13.9. The first-order valence-electron chi connectivity index (χ1n) is 6.67. The average molecular weight is 282 g/mol. The molecular weight excluding hydrogens is 259 g/mol. The Labute approximate surface area is 120 Å². The Morgan fingerprint density at radius 3 is 2.45 bits per heavy atom. The summed E-state index contributed by atoms with van der Waals surface area (Å²) in [5.74, 6) is -0.542. The normalized spacial score (nSPS) is 12.4. The van der Waals surface area contributed by atoms with E-state index in [-0.39, 0.29) is 11.8 Å². The molecule has 0 aliphatic rings. The third-order valence-corrected chi connectivity index (χ3v) is 3.53. The Hall–Kier alpha value is -1.62. The highest BCUT2D eigenvalue weighted by atomic mass is 19.1. The molecule has 0 unspecified atom stereocenters. The Morgan fingerprint density at radius 1 is 1.35 bits per heavy atom. The number of hydrogen-bond donors (Lipinski definition) is 0. The van der Waals surface area contributed by atoms with Crippen molar-refractivity contribution in [2.75, 3.05) is 27.7 Å². The predicted octanol–water partition coefficient (Wildman–Crippen LogP) is 3.21. The number of amides is 1. The zero-order valence-corrected chi connectivity index (χ0v) is 13.0. The minimum Gasteiger partial charge on any atom is -0.407 e. The van der Waals surface area contributed by atoms with Crippen LogP contribution < -0.4 is 4.74 Å². The molecule has 1 amide bonds. The molecule has 0 N–H and O–H groups in total. The van der Waals surface area contributed by atoms with E-state index in [9.17, 15) is 9.18 Å². The zero-order chi connectivity index (χ0) is 15.4. The molecule has 1 aromatic rings. The Kier molecular flexibility index (Phi) is 5.51. The molecule has 5 heteroatoms. The maximum Gasteiger partial charge on any atom is 0.415 e. The average Bonchev–Trinajstić information content (AvgIpc) is 2.39. The second-order valence-corrected chi connectivity index (χ2v) is 5.16. The monoisotopic (exact) mass is 282 g/mol. The van der Waals surface area contributed by atoms with Crippen LogP contribution in [-0.2, 0) is 0 Å². The second kappa shape index (κ2) is 6.70. The van der Waals surface area contributed by atoms with Crippen LogP contribution in [0.15, 0.2) is 12.1 Å². The lowest BCUT2D eigenvalue weighted by Gasteiger charge is -2.23. The highest BCUT2D eigenvalue weighted by Gasteiger charge is 2.18. The number of halogens is 1. The van der Waals surface area contributed by atoms with Gasteiger partial charge in [-0.15, -0.1) is 0 Å². The Balaban J connectivity index is 3.09. The first-order valence-corrected chi connectivity index (χ1v) is 6.67. The molecule has 0 fully saturated rings. The Bertz CT molecular complexity index is 489. The fourth-order valence-electron chi connectivity index (χ4n) is 1.78. The van der Waals surface area contributed by atoms with Crippen molar-refractivity contribution in [1.29, 1.82) is 0 Å². The largest absolute Gasteiger partial charge is 0.415 e. The summed E-state index contributed by atoms with van der Waals surface area (Å²) in [6, 6.07) is 3.12. The van der Waals surface area contributed by atoms with Gasteiger partial charge in [-0.1, -0.05) is 0 Å². The van der Waals surface area contributed by atoms with E-state index in [1.807, 2.05) is 39.8 Å². The molecule has 20 heavy (non-hydrogen) atoms. The zero-order valence-electron chi connectivity index (χ0n) is 13.0. The van der Waals surface area contributed by atoms with Gasteiger partial charge in [0.05, 0.1) is 0 Å². The molecule has 0 heterocycles. The summed E-state index contributed by atoms with van der Waals surface area (Å²) in [5.41, 5.74) is 1.78. The second-order valence-electron chi connectivity index (χ2n) is 5.16. The van der Waals surface area contributed by atoms with Gasteiger partial charge in [-0.05, 0) is 58.1 Å². The molecule has 0 saturated heterocycles. The van der Waals surface area contributed by atoms with Gasteiger partial charge in [0.2, 0.25) is 0 Å². The van der Waals surface area contributed by atoms with Gasteiger partial charge in [-0.25, -0.2) is 9.18 Å². The van der Waals surface area contributed by atoms with E-state index in [2.05, 4.69) is 0 Å². The molecule has 0 aliphatic heterocycles. The van der Waals surface area contributed by atoms with Gasteiger partial charge in [0.15, 0.2) is 11.6 Å². The van der Waals surface area contributed by atoms with E-state index in [1.54, 1.807) is 13.1 Å². The highest BCUT2D eigenvalue weighted by Crippen LogP contribution is 2.28. The van der Waals surface area contributed by atoms with E-state index in [0.717, 1.165) is 11.1 Å². The van der Waals surface area contributed by atoms with Crippen LogP contribution >= 0.6 is 0 Å².